The number of hydrogen-bond donors (Lipinski definition) is 1. The van der Waals surface area contributed by atoms with Crippen molar-refractivity contribution >= 4 is 11.6 Å². The summed E-state index contributed by atoms with van der Waals surface area (Å²) in [6.07, 6.45) is 2.36. The molecule has 0 radical (unpaired) electrons. The predicted octanol–water partition coefficient (Wildman–Crippen LogP) is 1.58. The van der Waals surface area contributed by atoms with Gasteiger partial charge >= 0.3 is 0 Å². The fourth-order valence-corrected chi connectivity index (χ4v) is 2.03. The molecule has 0 saturated heterocycles. The first-order valence-electron chi connectivity index (χ1n) is 5.16. The van der Waals surface area contributed by atoms with Crippen molar-refractivity contribution in [1.29, 1.82) is 0 Å². The van der Waals surface area contributed by atoms with Crippen LogP contribution in [0.3, 0.4) is 0 Å². The van der Waals surface area contributed by atoms with Crippen molar-refractivity contribution in [3.05, 3.63) is 47.3 Å². The molecule has 4 nitrogen and oxygen atoms in total. The number of carbonyl (C=O) groups excluding carboxylic acids is 1. The molecule has 3 rings (SSSR count). The van der Waals surface area contributed by atoms with Crippen molar-refractivity contribution in [3.8, 4) is 0 Å². The molecule has 0 aliphatic carbocycles. The zero-order valence-corrected chi connectivity index (χ0v) is 8.90. The molecule has 4 heteroatoms. The first-order chi connectivity index (χ1) is 7.75. The number of carbonyl (C=O) groups is 1. The predicted molar refractivity (Wildman–Crippen MR) is 60.4 cm³/mol. The van der Waals surface area contributed by atoms with Crippen LogP contribution in [0.2, 0.25) is 0 Å². The van der Waals surface area contributed by atoms with Gasteiger partial charge in [-0.25, -0.2) is 0 Å². The highest BCUT2D eigenvalue weighted by atomic mass is 16.1. The molecule has 1 aromatic carbocycles. The van der Waals surface area contributed by atoms with E-state index in [0.29, 0.717) is 5.56 Å². The van der Waals surface area contributed by atoms with Crippen molar-refractivity contribution in [2.24, 2.45) is 7.05 Å². The number of nitrogens with one attached hydrogen (secondary N) is 1. The van der Waals surface area contributed by atoms with Gasteiger partial charge in [0.25, 0.3) is 5.91 Å². The molecule has 2 aromatic rings. The third-order valence-corrected chi connectivity index (χ3v) is 2.93. The highest BCUT2D eigenvalue weighted by Crippen LogP contribution is 2.25. The van der Waals surface area contributed by atoms with Crippen LogP contribution in [-0.2, 0) is 13.5 Å². The Morgan fingerprint density at radius 2 is 2.19 bits per heavy atom. The van der Waals surface area contributed by atoms with Crippen LogP contribution in [0.5, 0.6) is 0 Å². The molecular weight excluding hydrogens is 202 g/mol. The molecule has 0 spiro atoms. The molecule has 1 aliphatic heterocycles. The van der Waals surface area contributed by atoms with Crippen LogP contribution < -0.4 is 5.32 Å². The number of aryl methyl sites for hydroxylation is 1. The lowest BCUT2D eigenvalue weighted by molar-refractivity contribution is 0.102. The number of hydrogen-bond acceptors (Lipinski definition) is 2. The average molecular weight is 213 g/mol. The summed E-state index contributed by atoms with van der Waals surface area (Å²) in [5.74, 6) is -0.0759. The van der Waals surface area contributed by atoms with E-state index in [1.165, 1.54) is 0 Å². The van der Waals surface area contributed by atoms with E-state index in [1.807, 2.05) is 31.3 Å². The van der Waals surface area contributed by atoms with E-state index in [1.54, 1.807) is 10.9 Å². The van der Waals surface area contributed by atoms with Crippen LogP contribution in [0.4, 0.5) is 5.69 Å². The van der Waals surface area contributed by atoms with Gasteiger partial charge in [0.1, 0.15) is 0 Å². The Kier molecular flexibility index (Phi) is 1.83. The van der Waals surface area contributed by atoms with Gasteiger partial charge in [-0.3, -0.25) is 9.48 Å². The smallest absolute Gasteiger partial charge is 0.259 e. The minimum absolute atomic E-state index is 0.0759. The van der Waals surface area contributed by atoms with Crippen molar-refractivity contribution < 1.29 is 4.79 Å². The summed E-state index contributed by atoms with van der Waals surface area (Å²) in [7, 11) is 1.86. The highest BCUT2D eigenvalue weighted by Gasteiger charge is 2.21. The summed E-state index contributed by atoms with van der Waals surface area (Å²) in [5, 5.41) is 7.02. The van der Waals surface area contributed by atoms with E-state index < -0.39 is 0 Å². The standard InChI is InChI=1S/C12H11N3O/c1-15-11-6-8-4-2-3-5-10(8)14-12(16)9(11)7-13-15/h2-5,7H,6H2,1H3,(H,14,16). The first kappa shape index (κ1) is 9.15. The summed E-state index contributed by atoms with van der Waals surface area (Å²) in [5.41, 5.74) is 3.64. The van der Waals surface area contributed by atoms with Crippen molar-refractivity contribution in [3.63, 3.8) is 0 Å². The minimum atomic E-state index is -0.0759. The highest BCUT2D eigenvalue weighted by molar-refractivity contribution is 6.06. The average Bonchev–Trinajstić information content (AvgIpc) is 2.57. The zero-order chi connectivity index (χ0) is 11.1. The summed E-state index contributed by atoms with van der Waals surface area (Å²) in [4.78, 5) is 11.9. The Hall–Kier alpha value is -2.10. The van der Waals surface area contributed by atoms with Gasteiger partial charge in [0, 0.05) is 19.2 Å². The molecule has 2 heterocycles. The minimum Gasteiger partial charge on any atom is -0.322 e. The molecule has 1 aliphatic rings. The Morgan fingerprint density at radius 3 is 3.06 bits per heavy atom. The summed E-state index contributed by atoms with van der Waals surface area (Å²) in [6, 6.07) is 7.85. The quantitative estimate of drug-likeness (QED) is 0.722. The fraction of sp³-hybridized carbons (Fsp3) is 0.167. The molecule has 1 aromatic heterocycles. The summed E-state index contributed by atoms with van der Waals surface area (Å²) >= 11 is 0. The van der Waals surface area contributed by atoms with Gasteiger partial charge in [-0.1, -0.05) is 18.2 Å². The molecule has 1 N–H and O–H groups in total. The Bertz CT molecular complexity index is 571. The number of anilines is 1. The van der Waals surface area contributed by atoms with Crippen LogP contribution in [-0.4, -0.2) is 15.7 Å². The number of benzene rings is 1. The van der Waals surface area contributed by atoms with Crippen molar-refractivity contribution in [2.75, 3.05) is 5.32 Å². The molecule has 0 atom stereocenters. The number of fused-ring (bicyclic) bond motifs is 2. The van der Waals surface area contributed by atoms with Gasteiger partial charge in [-0.05, 0) is 11.6 Å². The number of nitrogens with zero attached hydrogens (tertiary/aromatic N) is 2. The molecule has 1 amide bonds. The topological polar surface area (TPSA) is 46.9 Å². The number of amides is 1. The molecule has 0 unspecified atom stereocenters. The maximum atomic E-state index is 11.9. The van der Waals surface area contributed by atoms with Crippen LogP contribution in [0.25, 0.3) is 0 Å². The van der Waals surface area contributed by atoms with E-state index in [2.05, 4.69) is 10.4 Å². The largest absolute Gasteiger partial charge is 0.322 e. The Balaban J connectivity index is 2.20. The van der Waals surface area contributed by atoms with E-state index in [9.17, 15) is 4.79 Å². The normalized spacial score (nSPS) is 13.7. The van der Waals surface area contributed by atoms with Gasteiger partial charge in [0.2, 0.25) is 0 Å². The number of rotatable bonds is 0. The lowest BCUT2D eigenvalue weighted by Gasteiger charge is -2.05. The maximum Gasteiger partial charge on any atom is 0.259 e. The lowest BCUT2D eigenvalue weighted by atomic mass is 10.1. The molecule has 16 heavy (non-hydrogen) atoms. The van der Waals surface area contributed by atoms with Gasteiger partial charge in [-0.15, -0.1) is 0 Å². The summed E-state index contributed by atoms with van der Waals surface area (Å²) < 4.78 is 1.76. The second-order valence-electron chi connectivity index (χ2n) is 3.92. The van der Waals surface area contributed by atoms with E-state index >= 15 is 0 Å². The molecular formula is C12H11N3O. The molecule has 0 saturated carbocycles. The third kappa shape index (κ3) is 1.23. The Morgan fingerprint density at radius 1 is 1.38 bits per heavy atom. The van der Waals surface area contributed by atoms with Gasteiger partial charge in [0.15, 0.2) is 0 Å². The molecule has 0 bridgehead atoms. The maximum absolute atomic E-state index is 11.9. The number of para-hydroxylation sites is 1. The van der Waals surface area contributed by atoms with Gasteiger partial charge in [0.05, 0.1) is 17.5 Å². The molecule has 80 valence electrons. The van der Waals surface area contributed by atoms with Gasteiger partial charge in [-0.2, -0.15) is 5.10 Å². The van der Waals surface area contributed by atoms with Crippen LogP contribution in [0.15, 0.2) is 30.5 Å². The Labute approximate surface area is 92.9 Å². The second-order valence-corrected chi connectivity index (χ2v) is 3.92. The second kappa shape index (κ2) is 3.20. The first-order valence-corrected chi connectivity index (χ1v) is 5.16. The summed E-state index contributed by atoms with van der Waals surface area (Å²) in [6.45, 7) is 0. The van der Waals surface area contributed by atoms with Crippen molar-refractivity contribution in [1.82, 2.24) is 9.78 Å². The van der Waals surface area contributed by atoms with E-state index in [-0.39, 0.29) is 5.91 Å². The fourth-order valence-electron chi connectivity index (χ4n) is 2.03. The SMILES string of the molecule is Cn1ncc2c1Cc1ccccc1NC2=O. The lowest BCUT2D eigenvalue weighted by Crippen LogP contribution is -2.11. The van der Waals surface area contributed by atoms with E-state index in [0.717, 1.165) is 23.4 Å². The number of aromatic nitrogens is 2. The van der Waals surface area contributed by atoms with Crippen LogP contribution in [0.1, 0.15) is 21.6 Å². The van der Waals surface area contributed by atoms with Gasteiger partial charge < -0.3 is 5.32 Å². The third-order valence-electron chi connectivity index (χ3n) is 2.93. The monoisotopic (exact) mass is 213 g/mol. The molecule has 0 fully saturated rings. The zero-order valence-electron chi connectivity index (χ0n) is 8.90. The van der Waals surface area contributed by atoms with Crippen LogP contribution in [0, 0.1) is 0 Å². The van der Waals surface area contributed by atoms with Crippen LogP contribution >= 0.6 is 0 Å². The van der Waals surface area contributed by atoms with E-state index in [4.69, 9.17) is 0 Å². The van der Waals surface area contributed by atoms with Crippen molar-refractivity contribution in [2.45, 2.75) is 6.42 Å².